The summed E-state index contributed by atoms with van der Waals surface area (Å²) in [6.07, 6.45) is 1.20. The first kappa shape index (κ1) is 32.0. The molecule has 41 heavy (non-hydrogen) atoms. The molecule has 220 valence electrons. The molecule has 9 nitrogen and oxygen atoms in total. The summed E-state index contributed by atoms with van der Waals surface area (Å²) < 4.78 is 37.5. The topological polar surface area (TPSA) is 105 Å². The number of nitrogens with zero attached hydrogens (tertiary/aromatic N) is 2. The summed E-state index contributed by atoms with van der Waals surface area (Å²) in [5.74, 6) is -0.301. The molecule has 0 aromatic heterocycles. The molecule has 3 aromatic carbocycles. The Morgan fingerprint density at radius 2 is 1.63 bits per heavy atom. The fourth-order valence-electron chi connectivity index (χ4n) is 4.27. The minimum atomic E-state index is -3.95. The molecule has 0 bridgehead atoms. The van der Waals surface area contributed by atoms with Gasteiger partial charge in [0.05, 0.1) is 26.2 Å². The molecule has 0 aliphatic heterocycles. The van der Waals surface area contributed by atoms with E-state index >= 15 is 0 Å². The van der Waals surface area contributed by atoms with Crippen molar-refractivity contribution in [3.05, 3.63) is 87.9 Å². The van der Waals surface area contributed by atoms with Crippen molar-refractivity contribution in [2.45, 2.75) is 25.9 Å². The maximum Gasteiger partial charge on any atom is 0.244 e. The number of methoxy groups -OCH3 is 2. The van der Waals surface area contributed by atoms with E-state index in [1.54, 1.807) is 31.2 Å². The van der Waals surface area contributed by atoms with Crippen molar-refractivity contribution in [1.82, 2.24) is 10.2 Å². The Morgan fingerprint density at radius 1 is 0.951 bits per heavy atom. The zero-order valence-corrected chi connectivity index (χ0v) is 25.6. The number of nitrogens with one attached hydrogen (secondary N) is 1. The first-order valence-electron chi connectivity index (χ1n) is 12.7. The van der Waals surface area contributed by atoms with Gasteiger partial charge in [-0.1, -0.05) is 59.6 Å². The number of carbonyl (C=O) groups excluding carboxylic acids is 2. The highest BCUT2D eigenvalue weighted by Crippen LogP contribution is 2.33. The molecule has 0 fully saturated rings. The van der Waals surface area contributed by atoms with Gasteiger partial charge < -0.3 is 19.7 Å². The van der Waals surface area contributed by atoms with E-state index in [1.807, 2.05) is 30.3 Å². The number of hydrogen-bond donors (Lipinski definition) is 1. The first-order valence-corrected chi connectivity index (χ1v) is 15.3. The minimum Gasteiger partial charge on any atom is -0.493 e. The van der Waals surface area contributed by atoms with Crippen molar-refractivity contribution >= 4 is 50.7 Å². The van der Waals surface area contributed by atoms with E-state index in [-0.39, 0.29) is 24.6 Å². The van der Waals surface area contributed by atoms with Crippen LogP contribution in [0.25, 0.3) is 0 Å². The standard InChI is InChI=1S/C29H33Cl2N3O6S/c1-5-32-29(36)25(15-20-9-7-6-8-10-20)33(18-21-11-12-22(30)16-24(21)31)28(35)19-34(41(4,37)38)23-13-14-26(39-2)27(17-23)40-3/h6-14,16-17,25H,5,15,18-19H2,1-4H3,(H,32,36)/t25-/m1/s1. The third-order valence-corrected chi connectivity index (χ3v) is 8.04. The first-order chi connectivity index (χ1) is 19.5. The second-order valence-electron chi connectivity index (χ2n) is 9.17. The number of rotatable bonds is 13. The molecule has 0 saturated carbocycles. The highest BCUT2D eigenvalue weighted by Gasteiger charge is 2.33. The number of ether oxygens (including phenoxy) is 2. The highest BCUT2D eigenvalue weighted by molar-refractivity contribution is 7.92. The van der Waals surface area contributed by atoms with Gasteiger partial charge in [0.1, 0.15) is 12.6 Å². The zero-order chi connectivity index (χ0) is 30.2. The van der Waals surface area contributed by atoms with Gasteiger partial charge in [-0.2, -0.15) is 0 Å². The molecular formula is C29H33Cl2N3O6S. The SMILES string of the molecule is CCNC(=O)[C@@H](Cc1ccccc1)N(Cc1ccc(Cl)cc1Cl)C(=O)CN(c1ccc(OC)c(OC)c1)S(C)(=O)=O. The molecule has 1 atom stereocenters. The number of anilines is 1. The Balaban J connectivity index is 2.09. The van der Waals surface area contributed by atoms with E-state index in [4.69, 9.17) is 32.7 Å². The number of amides is 2. The molecule has 0 radical (unpaired) electrons. The smallest absolute Gasteiger partial charge is 0.244 e. The van der Waals surface area contributed by atoms with Crippen molar-refractivity contribution in [2.75, 3.05) is 37.9 Å². The second kappa shape index (κ2) is 14.4. The number of benzene rings is 3. The third-order valence-electron chi connectivity index (χ3n) is 6.31. The van der Waals surface area contributed by atoms with Gasteiger partial charge in [0, 0.05) is 35.6 Å². The molecule has 0 saturated heterocycles. The Kier molecular flexibility index (Phi) is 11.3. The summed E-state index contributed by atoms with van der Waals surface area (Å²) in [6, 6.07) is 17.7. The number of carbonyl (C=O) groups is 2. The summed E-state index contributed by atoms with van der Waals surface area (Å²) in [5.41, 5.74) is 1.56. The van der Waals surface area contributed by atoms with E-state index in [9.17, 15) is 18.0 Å². The molecule has 0 unspecified atom stereocenters. The second-order valence-corrected chi connectivity index (χ2v) is 11.9. The molecule has 0 aliphatic rings. The van der Waals surface area contributed by atoms with Crippen LogP contribution in [0.4, 0.5) is 5.69 Å². The lowest BCUT2D eigenvalue weighted by Gasteiger charge is -2.33. The average molecular weight is 623 g/mol. The summed E-state index contributed by atoms with van der Waals surface area (Å²) >= 11 is 12.6. The van der Waals surface area contributed by atoms with Crippen LogP contribution in [0, 0.1) is 0 Å². The zero-order valence-electron chi connectivity index (χ0n) is 23.3. The number of sulfonamides is 1. The van der Waals surface area contributed by atoms with Crippen LogP contribution in [0.5, 0.6) is 11.5 Å². The Morgan fingerprint density at radius 3 is 2.22 bits per heavy atom. The number of likely N-dealkylation sites (N-methyl/N-ethyl adjacent to an activating group) is 1. The number of halogens is 2. The van der Waals surface area contributed by atoms with Crippen LogP contribution in [0.3, 0.4) is 0 Å². The van der Waals surface area contributed by atoms with Gasteiger partial charge in [-0.3, -0.25) is 13.9 Å². The van der Waals surface area contributed by atoms with Crippen molar-refractivity contribution < 1.29 is 27.5 Å². The highest BCUT2D eigenvalue weighted by atomic mass is 35.5. The fraction of sp³-hybridized carbons (Fsp3) is 0.310. The largest absolute Gasteiger partial charge is 0.493 e. The van der Waals surface area contributed by atoms with Gasteiger partial charge in [-0.05, 0) is 42.3 Å². The van der Waals surface area contributed by atoms with Crippen LogP contribution in [0.15, 0.2) is 66.7 Å². The average Bonchev–Trinajstić information content (AvgIpc) is 2.94. The number of hydrogen-bond acceptors (Lipinski definition) is 6. The normalized spacial score (nSPS) is 11.9. The van der Waals surface area contributed by atoms with E-state index in [2.05, 4.69) is 5.32 Å². The van der Waals surface area contributed by atoms with Crippen molar-refractivity contribution in [1.29, 1.82) is 0 Å². The molecule has 0 aliphatic carbocycles. The lowest BCUT2D eigenvalue weighted by molar-refractivity contribution is -0.140. The Labute approximate surface area is 251 Å². The molecule has 0 spiro atoms. The molecule has 3 rings (SSSR count). The van der Waals surface area contributed by atoms with E-state index in [1.165, 1.54) is 31.3 Å². The summed E-state index contributed by atoms with van der Waals surface area (Å²) in [4.78, 5) is 28.9. The lowest BCUT2D eigenvalue weighted by Crippen LogP contribution is -2.53. The van der Waals surface area contributed by atoms with Gasteiger partial charge in [0.15, 0.2) is 11.5 Å². The van der Waals surface area contributed by atoms with Crippen LogP contribution in [0.2, 0.25) is 10.0 Å². The van der Waals surface area contributed by atoms with Crippen molar-refractivity contribution in [3.8, 4) is 11.5 Å². The van der Waals surface area contributed by atoms with Gasteiger partial charge in [0.2, 0.25) is 21.8 Å². The van der Waals surface area contributed by atoms with E-state index in [0.717, 1.165) is 16.1 Å². The fourth-order valence-corrected chi connectivity index (χ4v) is 5.58. The van der Waals surface area contributed by atoms with Crippen LogP contribution in [-0.4, -0.2) is 64.7 Å². The Hall–Kier alpha value is -3.47. The summed E-state index contributed by atoms with van der Waals surface area (Å²) in [6.45, 7) is 1.48. The molecule has 3 aromatic rings. The summed E-state index contributed by atoms with van der Waals surface area (Å²) in [5, 5.41) is 3.53. The Bertz CT molecular complexity index is 1470. The molecule has 1 N–H and O–H groups in total. The predicted octanol–water partition coefficient (Wildman–Crippen LogP) is 4.55. The molecular weight excluding hydrogens is 589 g/mol. The predicted molar refractivity (Wildman–Crippen MR) is 161 cm³/mol. The van der Waals surface area contributed by atoms with E-state index in [0.29, 0.717) is 33.7 Å². The van der Waals surface area contributed by atoms with Gasteiger partial charge in [-0.25, -0.2) is 8.42 Å². The maximum absolute atomic E-state index is 14.1. The molecule has 12 heteroatoms. The monoisotopic (exact) mass is 621 g/mol. The van der Waals surface area contributed by atoms with Crippen LogP contribution in [0.1, 0.15) is 18.1 Å². The van der Waals surface area contributed by atoms with Crippen molar-refractivity contribution in [3.63, 3.8) is 0 Å². The minimum absolute atomic E-state index is 0.0625. The molecule has 2 amide bonds. The maximum atomic E-state index is 14.1. The van der Waals surface area contributed by atoms with Crippen molar-refractivity contribution in [2.24, 2.45) is 0 Å². The third kappa shape index (κ3) is 8.51. The van der Waals surface area contributed by atoms with E-state index < -0.39 is 28.5 Å². The quantitative estimate of drug-likeness (QED) is 0.300. The van der Waals surface area contributed by atoms with Crippen LogP contribution >= 0.6 is 23.2 Å². The van der Waals surface area contributed by atoms with Crippen LogP contribution in [-0.2, 0) is 32.6 Å². The molecule has 0 heterocycles. The summed E-state index contributed by atoms with van der Waals surface area (Å²) in [7, 11) is -1.06. The van der Waals surface area contributed by atoms with Gasteiger partial charge in [0.25, 0.3) is 0 Å². The van der Waals surface area contributed by atoms with Gasteiger partial charge in [-0.15, -0.1) is 0 Å². The van der Waals surface area contributed by atoms with Gasteiger partial charge >= 0.3 is 0 Å². The van der Waals surface area contributed by atoms with Crippen LogP contribution < -0.4 is 19.1 Å². The lowest BCUT2D eigenvalue weighted by atomic mass is 10.0.